The monoisotopic (exact) mass is 299 g/mol. The molecule has 2 N–H and O–H groups in total. The highest BCUT2D eigenvalue weighted by Gasteiger charge is 2.32. The fourth-order valence-electron chi connectivity index (χ4n) is 2.52. The fourth-order valence-corrected chi connectivity index (χ4v) is 3.68. The molecule has 1 aliphatic carbocycles. The molecule has 19 heavy (non-hydrogen) atoms. The molecule has 1 aromatic rings. The first kappa shape index (κ1) is 14.5. The summed E-state index contributed by atoms with van der Waals surface area (Å²) in [6.07, 6.45) is 7.18. The average Bonchev–Trinajstić information content (AvgIpc) is 2.86. The van der Waals surface area contributed by atoms with Gasteiger partial charge < -0.3 is 10.4 Å². The zero-order chi connectivity index (χ0) is 13.9. The van der Waals surface area contributed by atoms with Gasteiger partial charge in [-0.15, -0.1) is 0 Å². The molecule has 2 rings (SSSR count). The van der Waals surface area contributed by atoms with Crippen LogP contribution in [0, 0.1) is 0 Å². The molecule has 3 nitrogen and oxygen atoms in total. The molecular formula is C14H18ClNO2S. The van der Waals surface area contributed by atoms with Gasteiger partial charge in [-0.25, -0.2) is 4.79 Å². The van der Waals surface area contributed by atoms with Gasteiger partial charge in [0.1, 0.15) is 0 Å². The van der Waals surface area contributed by atoms with Crippen LogP contribution in [0.15, 0.2) is 18.2 Å². The zero-order valence-electron chi connectivity index (χ0n) is 10.9. The summed E-state index contributed by atoms with van der Waals surface area (Å²) in [5, 5.41) is 12.7. The molecule has 0 aliphatic heterocycles. The van der Waals surface area contributed by atoms with Gasteiger partial charge in [0, 0.05) is 11.3 Å². The molecule has 0 heterocycles. The minimum Gasteiger partial charge on any atom is -0.478 e. The van der Waals surface area contributed by atoms with Gasteiger partial charge in [0.2, 0.25) is 0 Å². The largest absolute Gasteiger partial charge is 0.478 e. The Bertz CT molecular complexity index is 473. The first-order valence-electron chi connectivity index (χ1n) is 6.38. The number of carboxylic acid groups (broad SMARTS) is 1. The first-order valence-corrected chi connectivity index (χ1v) is 7.98. The Hall–Kier alpha value is -0.870. The summed E-state index contributed by atoms with van der Waals surface area (Å²) in [6.45, 7) is 0.875. The fraction of sp³-hybridized carbons (Fsp3) is 0.500. The van der Waals surface area contributed by atoms with Gasteiger partial charge >= 0.3 is 5.97 Å². The lowest BCUT2D eigenvalue weighted by Gasteiger charge is -2.27. The van der Waals surface area contributed by atoms with Gasteiger partial charge in [-0.05, 0) is 37.3 Å². The Labute approximate surface area is 122 Å². The van der Waals surface area contributed by atoms with Crippen molar-refractivity contribution in [3.63, 3.8) is 0 Å². The van der Waals surface area contributed by atoms with Crippen molar-refractivity contribution in [3.05, 3.63) is 28.8 Å². The van der Waals surface area contributed by atoms with E-state index in [4.69, 9.17) is 16.7 Å². The Balaban J connectivity index is 2.05. The molecule has 0 spiro atoms. The highest BCUT2D eigenvalue weighted by atomic mass is 35.5. The molecule has 104 valence electrons. The topological polar surface area (TPSA) is 49.3 Å². The number of hydrogen-bond donors (Lipinski definition) is 2. The third kappa shape index (κ3) is 3.37. The molecule has 0 saturated heterocycles. The molecule has 1 aliphatic rings. The summed E-state index contributed by atoms with van der Waals surface area (Å²) in [4.78, 5) is 10.8. The number of halogens is 1. The van der Waals surface area contributed by atoms with Gasteiger partial charge in [-0.1, -0.05) is 24.4 Å². The highest BCUT2D eigenvalue weighted by Crippen LogP contribution is 2.40. The maximum atomic E-state index is 10.8. The lowest BCUT2D eigenvalue weighted by atomic mass is 10.1. The summed E-state index contributed by atoms with van der Waals surface area (Å²) in [6, 6.07) is 4.82. The number of thioether (sulfide) groups is 1. The summed E-state index contributed by atoms with van der Waals surface area (Å²) < 4.78 is 0.300. The molecule has 5 heteroatoms. The number of carbonyl (C=O) groups is 1. The van der Waals surface area contributed by atoms with Gasteiger partial charge in [-0.2, -0.15) is 11.8 Å². The summed E-state index contributed by atoms with van der Waals surface area (Å²) in [5.74, 6) is -0.954. The smallest absolute Gasteiger partial charge is 0.335 e. The second kappa shape index (κ2) is 6.06. The van der Waals surface area contributed by atoms with Gasteiger partial charge in [-0.3, -0.25) is 0 Å². The minimum absolute atomic E-state index is 0.219. The lowest BCUT2D eigenvalue weighted by molar-refractivity contribution is 0.0697. The maximum Gasteiger partial charge on any atom is 0.335 e. The number of rotatable bonds is 5. The number of hydrogen-bond acceptors (Lipinski definition) is 3. The zero-order valence-corrected chi connectivity index (χ0v) is 12.5. The molecular weight excluding hydrogens is 282 g/mol. The predicted molar refractivity (Wildman–Crippen MR) is 81.6 cm³/mol. The lowest BCUT2D eigenvalue weighted by Crippen LogP contribution is -2.30. The third-order valence-electron chi connectivity index (χ3n) is 3.76. The van der Waals surface area contributed by atoms with Crippen LogP contribution in [-0.2, 0) is 0 Å². The van der Waals surface area contributed by atoms with Gasteiger partial charge in [0.15, 0.2) is 0 Å². The van der Waals surface area contributed by atoms with Gasteiger partial charge in [0.25, 0.3) is 0 Å². The summed E-state index contributed by atoms with van der Waals surface area (Å²) >= 11 is 8.03. The van der Waals surface area contributed by atoms with Crippen LogP contribution in [0.3, 0.4) is 0 Å². The molecule has 1 saturated carbocycles. The van der Waals surface area contributed by atoms with Crippen LogP contribution in [-0.4, -0.2) is 28.6 Å². The van der Waals surface area contributed by atoms with Crippen molar-refractivity contribution in [2.75, 3.05) is 18.1 Å². The van der Waals surface area contributed by atoms with Crippen molar-refractivity contribution in [1.82, 2.24) is 0 Å². The van der Waals surface area contributed by atoms with Crippen molar-refractivity contribution in [2.24, 2.45) is 0 Å². The normalized spacial score (nSPS) is 17.4. The Morgan fingerprint density at radius 1 is 1.47 bits per heavy atom. The van der Waals surface area contributed by atoms with E-state index in [1.807, 2.05) is 11.8 Å². The van der Waals surface area contributed by atoms with Crippen molar-refractivity contribution < 1.29 is 9.90 Å². The molecule has 0 radical (unpaired) electrons. The van der Waals surface area contributed by atoms with Crippen LogP contribution in [0.25, 0.3) is 0 Å². The molecule has 0 aromatic heterocycles. The first-order chi connectivity index (χ1) is 9.06. The van der Waals surface area contributed by atoms with Crippen LogP contribution in [0.1, 0.15) is 36.0 Å². The van der Waals surface area contributed by atoms with E-state index in [0.717, 1.165) is 12.2 Å². The number of nitrogens with one attached hydrogen (secondary N) is 1. The Morgan fingerprint density at radius 3 is 2.68 bits per heavy atom. The van der Waals surface area contributed by atoms with Crippen molar-refractivity contribution in [1.29, 1.82) is 0 Å². The van der Waals surface area contributed by atoms with E-state index in [0.29, 0.717) is 9.77 Å². The molecule has 1 fully saturated rings. The van der Waals surface area contributed by atoms with E-state index in [-0.39, 0.29) is 5.56 Å². The van der Waals surface area contributed by atoms with Crippen LogP contribution >= 0.6 is 23.4 Å². The van der Waals surface area contributed by atoms with Gasteiger partial charge in [0.05, 0.1) is 16.3 Å². The second-order valence-corrected chi connectivity index (χ2v) is 6.63. The number of aromatic carboxylic acids is 1. The van der Waals surface area contributed by atoms with Crippen LogP contribution in [0.5, 0.6) is 0 Å². The average molecular weight is 300 g/mol. The SMILES string of the molecule is CSC1(CNc2ccc(C(=O)O)cc2Cl)CCCC1. The van der Waals surface area contributed by atoms with Crippen molar-refractivity contribution in [2.45, 2.75) is 30.4 Å². The van der Waals surface area contributed by atoms with Crippen molar-refractivity contribution in [3.8, 4) is 0 Å². The summed E-state index contributed by atoms with van der Waals surface area (Å²) in [5.41, 5.74) is 1.03. The summed E-state index contributed by atoms with van der Waals surface area (Å²) in [7, 11) is 0. The van der Waals surface area contributed by atoms with E-state index in [2.05, 4.69) is 11.6 Å². The van der Waals surface area contributed by atoms with E-state index in [9.17, 15) is 4.79 Å². The van der Waals surface area contributed by atoms with E-state index >= 15 is 0 Å². The van der Waals surface area contributed by atoms with E-state index in [1.54, 1.807) is 12.1 Å². The standard InChI is InChI=1S/C14H18ClNO2S/c1-19-14(6-2-3-7-14)9-16-12-5-4-10(13(17)18)8-11(12)15/h4-5,8,16H,2-3,6-7,9H2,1H3,(H,17,18). The van der Waals surface area contributed by atoms with Crippen LogP contribution in [0.4, 0.5) is 5.69 Å². The van der Waals surface area contributed by atoms with E-state index in [1.165, 1.54) is 31.7 Å². The quantitative estimate of drug-likeness (QED) is 0.858. The molecule has 0 atom stereocenters. The number of benzene rings is 1. The van der Waals surface area contributed by atoms with Crippen LogP contribution in [0.2, 0.25) is 5.02 Å². The molecule has 0 amide bonds. The van der Waals surface area contributed by atoms with Crippen molar-refractivity contribution >= 4 is 35.0 Å². The molecule has 0 bridgehead atoms. The third-order valence-corrected chi connectivity index (χ3v) is 5.50. The second-order valence-electron chi connectivity index (χ2n) is 4.95. The highest BCUT2D eigenvalue weighted by molar-refractivity contribution is 8.00. The number of carboxylic acids is 1. The van der Waals surface area contributed by atoms with Crippen LogP contribution < -0.4 is 5.32 Å². The Morgan fingerprint density at radius 2 is 2.16 bits per heavy atom. The maximum absolute atomic E-state index is 10.8. The minimum atomic E-state index is -0.954. The predicted octanol–water partition coefficient (Wildman–Crippen LogP) is 4.13. The molecule has 0 unspecified atom stereocenters. The van der Waals surface area contributed by atoms with E-state index < -0.39 is 5.97 Å². The Kier molecular flexibility index (Phi) is 4.63. The number of anilines is 1. The molecule has 1 aromatic carbocycles.